The fraction of sp³-hybridized carbons (Fsp3) is 0.273. The summed E-state index contributed by atoms with van der Waals surface area (Å²) in [6.45, 7) is 9.67. The van der Waals surface area contributed by atoms with Crippen molar-refractivity contribution in [2.24, 2.45) is 5.73 Å². The number of piperazine rings is 1. The summed E-state index contributed by atoms with van der Waals surface area (Å²) in [6, 6.07) is 21.0. The molecule has 4 N–H and O–H groups in total. The van der Waals surface area contributed by atoms with Crippen LogP contribution in [-0.2, 0) is 4.79 Å². The van der Waals surface area contributed by atoms with Gasteiger partial charge in [0.2, 0.25) is 17.7 Å². The number of hydrogen-bond acceptors (Lipinski definition) is 9. The first kappa shape index (κ1) is 30.3. The molecule has 11 heteroatoms. The minimum Gasteiger partial charge on any atom is -0.490 e. The van der Waals surface area contributed by atoms with E-state index in [4.69, 9.17) is 15.2 Å². The van der Waals surface area contributed by atoms with Crippen LogP contribution in [0, 0.1) is 13.8 Å². The van der Waals surface area contributed by atoms with Crippen molar-refractivity contribution in [3.8, 4) is 17.4 Å². The summed E-state index contributed by atoms with van der Waals surface area (Å²) in [6.07, 6.45) is 1.46. The number of benzene rings is 3. The largest absolute Gasteiger partial charge is 0.490 e. The zero-order chi connectivity index (χ0) is 31.1. The van der Waals surface area contributed by atoms with Crippen LogP contribution < -0.4 is 30.7 Å². The van der Waals surface area contributed by atoms with E-state index < -0.39 is 5.91 Å². The molecule has 2 amide bonds. The highest BCUT2D eigenvalue weighted by Gasteiger charge is 2.21. The molecule has 44 heavy (non-hydrogen) atoms. The number of carbonyl (C=O) groups excluding carboxylic acids is 2. The Morgan fingerprint density at radius 1 is 0.909 bits per heavy atom. The Hall–Kier alpha value is -5.16. The number of nitrogens with two attached hydrogens (primary N) is 1. The van der Waals surface area contributed by atoms with Crippen molar-refractivity contribution >= 4 is 34.8 Å². The Bertz CT molecular complexity index is 1600. The van der Waals surface area contributed by atoms with Gasteiger partial charge in [-0.05, 0) is 68.3 Å². The summed E-state index contributed by atoms with van der Waals surface area (Å²) in [7, 11) is 0. The lowest BCUT2D eigenvalue weighted by atomic mass is 10.1. The van der Waals surface area contributed by atoms with Crippen LogP contribution in [0.25, 0.3) is 0 Å². The summed E-state index contributed by atoms with van der Waals surface area (Å²) in [5.74, 6) is 0.626. The maximum Gasteiger partial charge on any atom is 0.262 e. The molecule has 0 spiro atoms. The lowest BCUT2D eigenvalue weighted by molar-refractivity contribution is -0.119. The smallest absolute Gasteiger partial charge is 0.262 e. The van der Waals surface area contributed by atoms with Crippen LogP contribution in [-0.4, -0.2) is 66.0 Å². The number of para-hydroxylation sites is 3. The molecule has 1 fully saturated rings. The van der Waals surface area contributed by atoms with Gasteiger partial charge in [-0.15, -0.1) is 0 Å². The minimum atomic E-state index is -0.391. The average molecular weight is 596 g/mol. The Labute approximate surface area is 257 Å². The number of carbonyl (C=O) groups is 2. The average Bonchev–Trinajstić information content (AvgIpc) is 3.01. The zero-order valence-electron chi connectivity index (χ0n) is 25.2. The highest BCUT2D eigenvalue weighted by atomic mass is 16.5. The molecule has 1 saturated heterocycles. The van der Waals surface area contributed by atoms with Crippen molar-refractivity contribution in [3.63, 3.8) is 0 Å². The summed E-state index contributed by atoms with van der Waals surface area (Å²) in [5.41, 5.74) is 9.98. The second-order valence-electron chi connectivity index (χ2n) is 10.5. The third kappa shape index (κ3) is 7.42. The molecule has 3 aromatic carbocycles. The fourth-order valence-electron chi connectivity index (χ4n) is 5.04. The summed E-state index contributed by atoms with van der Waals surface area (Å²) in [5, 5.41) is 6.22. The van der Waals surface area contributed by atoms with E-state index in [1.807, 2.05) is 75.4 Å². The van der Waals surface area contributed by atoms with Gasteiger partial charge in [0.25, 0.3) is 5.91 Å². The predicted octanol–water partition coefficient (Wildman–Crippen LogP) is 4.89. The lowest BCUT2D eigenvalue weighted by Gasteiger charge is -2.35. The molecule has 4 aromatic rings. The van der Waals surface area contributed by atoms with E-state index in [-0.39, 0.29) is 29.8 Å². The van der Waals surface area contributed by atoms with E-state index in [0.717, 1.165) is 54.4 Å². The Balaban J connectivity index is 1.36. The van der Waals surface area contributed by atoms with Crippen LogP contribution in [0.4, 0.5) is 23.0 Å². The maximum absolute atomic E-state index is 13.5. The Kier molecular flexibility index (Phi) is 9.56. The van der Waals surface area contributed by atoms with Crippen molar-refractivity contribution in [3.05, 3.63) is 89.6 Å². The second-order valence-corrected chi connectivity index (χ2v) is 10.5. The molecule has 1 aromatic heterocycles. The number of rotatable bonds is 11. The standard InChI is InChI=1S/C33H37N7O4/c1-4-43-27-10-5-6-11-28(27)44-32-26(31(42)37-30-22(2)8-7-9-23(30)3)20-35-33(38-32)36-24-12-14-25(15-13-24)40-18-16-39(17-19-40)21-29(34)41/h5-15,20H,4,16-19,21H2,1-3H3,(H2,34,41)(H,37,42)(H,35,36,38). The SMILES string of the molecule is CCOc1ccccc1Oc1nc(Nc2ccc(N3CCN(CC(N)=O)CC3)cc2)ncc1C(=O)Nc1c(C)cccc1C. The number of primary amides is 1. The van der Waals surface area contributed by atoms with E-state index in [1.165, 1.54) is 6.20 Å². The number of ether oxygens (including phenoxy) is 2. The quantitative estimate of drug-likeness (QED) is 0.222. The molecule has 11 nitrogen and oxygen atoms in total. The van der Waals surface area contributed by atoms with Crippen molar-refractivity contribution < 1.29 is 19.1 Å². The van der Waals surface area contributed by atoms with Gasteiger partial charge in [0, 0.05) is 49.4 Å². The lowest BCUT2D eigenvalue weighted by Crippen LogP contribution is -2.48. The van der Waals surface area contributed by atoms with E-state index in [9.17, 15) is 9.59 Å². The third-order valence-electron chi connectivity index (χ3n) is 7.31. The number of nitrogens with one attached hydrogen (secondary N) is 2. The Morgan fingerprint density at radius 3 is 2.25 bits per heavy atom. The number of amides is 2. The molecule has 0 aliphatic carbocycles. The third-order valence-corrected chi connectivity index (χ3v) is 7.31. The van der Waals surface area contributed by atoms with Crippen LogP contribution in [0.1, 0.15) is 28.4 Å². The van der Waals surface area contributed by atoms with Crippen LogP contribution in [0.15, 0.2) is 72.9 Å². The van der Waals surface area contributed by atoms with Gasteiger partial charge in [-0.1, -0.05) is 30.3 Å². The van der Waals surface area contributed by atoms with Crippen molar-refractivity contribution in [1.29, 1.82) is 0 Å². The van der Waals surface area contributed by atoms with Gasteiger partial charge in [-0.2, -0.15) is 4.98 Å². The molecule has 0 saturated carbocycles. The first-order valence-corrected chi connectivity index (χ1v) is 14.6. The number of hydrogen-bond donors (Lipinski definition) is 3. The predicted molar refractivity (Wildman–Crippen MR) is 171 cm³/mol. The van der Waals surface area contributed by atoms with Crippen molar-refractivity contribution in [1.82, 2.24) is 14.9 Å². The van der Waals surface area contributed by atoms with Crippen LogP contribution in [0.3, 0.4) is 0 Å². The topological polar surface area (TPSA) is 135 Å². The number of nitrogens with zero attached hydrogens (tertiary/aromatic N) is 4. The first-order valence-electron chi connectivity index (χ1n) is 14.6. The van der Waals surface area contributed by atoms with Gasteiger partial charge in [0.1, 0.15) is 5.56 Å². The van der Waals surface area contributed by atoms with Gasteiger partial charge < -0.3 is 30.7 Å². The van der Waals surface area contributed by atoms with Crippen LogP contribution in [0.2, 0.25) is 0 Å². The summed E-state index contributed by atoms with van der Waals surface area (Å²) in [4.78, 5) is 38.1. The molecule has 0 atom stereocenters. The van der Waals surface area contributed by atoms with E-state index >= 15 is 0 Å². The normalized spacial score (nSPS) is 13.3. The molecular weight excluding hydrogens is 558 g/mol. The molecule has 228 valence electrons. The summed E-state index contributed by atoms with van der Waals surface area (Å²) < 4.78 is 11.9. The Morgan fingerprint density at radius 2 is 1.59 bits per heavy atom. The highest BCUT2D eigenvalue weighted by molar-refractivity contribution is 6.06. The van der Waals surface area contributed by atoms with Gasteiger partial charge in [0.15, 0.2) is 11.5 Å². The van der Waals surface area contributed by atoms with E-state index in [2.05, 4.69) is 30.4 Å². The van der Waals surface area contributed by atoms with Crippen LogP contribution in [0.5, 0.6) is 17.4 Å². The van der Waals surface area contributed by atoms with Gasteiger partial charge >= 0.3 is 0 Å². The van der Waals surface area contributed by atoms with Gasteiger partial charge in [-0.3, -0.25) is 14.5 Å². The van der Waals surface area contributed by atoms with Gasteiger partial charge in [-0.25, -0.2) is 4.98 Å². The molecule has 2 heterocycles. The molecule has 0 unspecified atom stereocenters. The molecule has 1 aliphatic rings. The van der Waals surface area contributed by atoms with Crippen LogP contribution >= 0.6 is 0 Å². The zero-order valence-corrected chi connectivity index (χ0v) is 25.2. The summed E-state index contributed by atoms with van der Waals surface area (Å²) >= 11 is 0. The number of anilines is 4. The second kappa shape index (κ2) is 13.9. The molecular formula is C33H37N7O4. The van der Waals surface area contributed by atoms with Crippen molar-refractivity contribution in [2.75, 3.05) is 54.9 Å². The highest BCUT2D eigenvalue weighted by Crippen LogP contribution is 2.33. The number of aromatic nitrogens is 2. The molecule has 1 aliphatic heterocycles. The first-order chi connectivity index (χ1) is 21.3. The molecule has 0 radical (unpaired) electrons. The van der Waals surface area contributed by atoms with Crippen molar-refractivity contribution in [2.45, 2.75) is 20.8 Å². The fourth-order valence-corrected chi connectivity index (χ4v) is 5.04. The molecule has 5 rings (SSSR count). The molecule has 0 bridgehead atoms. The van der Waals surface area contributed by atoms with Gasteiger partial charge in [0.05, 0.1) is 13.2 Å². The van der Waals surface area contributed by atoms with E-state index in [0.29, 0.717) is 18.1 Å². The van der Waals surface area contributed by atoms with E-state index in [1.54, 1.807) is 12.1 Å². The minimum absolute atomic E-state index is 0.0869. The number of aryl methyl sites for hydroxylation is 2. The monoisotopic (exact) mass is 595 g/mol. The maximum atomic E-state index is 13.5.